The maximum atomic E-state index is 13.8. The fraction of sp³-hybridized carbons (Fsp3) is 0.556. The van der Waals surface area contributed by atoms with E-state index in [1.54, 1.807) is 0 Å². The van der Waals surface area contributed by atoms with E-state index in [4.69, 9.17) is 21.4 Å². The van der Waals surface area contributed by atoms with E-state index in [0.29, 0.717) is 0 Å². The molecule has 1 fully saturated rings. The number of aromatic nitrogens is 2. The monoisotopic (exact) mass is 280 g/mol. The second-order valence-corrected chi connectivity index (χ2v) is 4.36. The van der Waals surface area contributed by atoms with Crippen LogP contribution in [0.1, 0.15) is 6.23 Å². The van der Waals surface area contributed by atoms with Gasteiger partial charge in [-0.25, -0.2) is 9.18 Å². The molecule has 0 saturated carbocycles. The van der Waals surface area contributed by atoms with E-state index in [1.807, 2.05) is 4.98 Å². The van der Waals surface area contributed by atoms with Gasteiger partial charge in [0.05, 0.1) is 0 Å². The lowest BCUT2D eigenvalue weighted by atomic mass is 10.1. The Balaban J connectivity index is 2.41. The number of hydrogen-bond acceptors (Lipinski definition) is 5. The van der Waals surface area contributed by atoms with Crippen LogP contribution in [0, 0.1) is 0 Å². The molecule has 1 aliphatic rings. The molecule has 1 aromatic rings. The van der Waals surface area contributed by atoms with E-state index in [-0.39, 0.29) is 0 Å². The first kappa shape index (κ1) is 13.2. The van der Waals surface area contributed by atoms with Crippen molar-refractivity contribution in [3.63, 3.8) is 0 Å². The van der Waals surface area contributed by atoms with Gasteiger partial charge < -0.3 is 14.9 Å². The SMILES string of the molecule is O=c1ccn([C@@H]2O[C@](F)(CO)[C@@H](O)[C@H]2Cl)c(=O)[nH]1. The van der Waals surface area contributed by atoms with E-state index < -0.39 is 41.4 Å². The van der Waals surface area contributed by atoms with Gasteiger partial charge in [0.15, 0.2) is 6.23 Å². The van der Waals surface area contributed by atoms with Crippen molar-refractivity contribution in [2.24, 2.45) is 0 Å². The molecule has 0 radical (unpaired) electrons. The summed E-state index contributed by atoms with van der Waals surface area (Å²) in [6, 6.07) is 1.03. The van der Waals surface area contributed by atoms with Gasteiger partial charge in [0, 0.05) is 12.3 Å². The van der Waals surface area contributed by atoms with Gasteiger partial charge in [-0.1, -0.05) is 0 Å². The molecule has 0 amide bonds. The summed E-state index contributed by atoms with van der Waals surface area (Å²) in [5.74, 6) is -2.74. The standard InChI is InChI=1S/C9H10ClFN2O5/c10-5-6(16)9(11,3-14)18-7(5)13-2-1-4(15)12-8(13)17/h1-2,5-7,14,16H,3H2,(H,12,15,17)/t5-,6+,7-,9-/m1/s1. The van der Waals surface area contributed by atoms with Crippen LogP contribution in [0.4, 0.5) is 4.39 Å². The van der Waals surface area contributed by atoms with Crippen molar-refractivity contribution < 1.29 is 19.3 Å². The summed E-state index contributed by atoms with van der Waals surface area (Å²) in [6.07, 6.45) is -2.06. The van der Waals surface area contributed by atoms with Crippen molar-refractivity contribution in [2.75, 3.05) is 6.61 Å². The van der Waals surface area contributed by atoms with Gasteiger partial charge in [-0.3, -0.25) is 14.3 Å². The molecule has 0 spiro atoms. The highest BCUT2D eigenvalue weighted by atomic mass is 35.5. The quantitative estimate of drug-likeness (QED) is 0.584. The number of rotatable bonds is 2. The lowest BCUT2D eigenvalue weighted by Crippen LogP contribution is -2.40. The predicted molar refractivity (Wildman–Crippen MR) is 58.0 cm³/mol. The van der Waals surface area contributed by atoms with Crippen LogP contribution in [-0.2, 0) is 4.74 Å². The Labute approximate surface area is 104 Å². The van der Waals surface area contributed by atoms with E-state index in [2.05, 4.69) is 0 Å². The molecule has 3 N–H and O–H groups in total. The van der Waals surface area contributed by atoms with Crippen LogP contribution in [0.25, 0.3) is 0 Å². The normalized spacial score (nSPS) is 35.9. The minimum absolute atomic E-state index is 0.630. The summed E-state index contributed by atoms with van der Waals surface area (Å²) >= 11 is 5.76. The minimum atomic E-state index is -2.74. The average molecular weight is 281 g/mol. The van der Waals surface area contributed by atoms with E-state index >= 15 is 0 Å². The Morgan fingerprint density at radius 1 is 1.61 bits per heavy atom. The molecule has 2 rings (SSSR count). The minimum Gasteiger partial charge on any atom is -0.390 e. The number of aliphatic hydroxyl groups excluding tert-OH is 2. The van der Waals surface area contributed by atoms with Gasteiger partial charge in [0.2, 0.25) is 0 Å². The number of nitrogens with one attached hydrogen (secondary N) is 1. The zero-order valence-electron chi connectivity index (χ0n) is 8.92. The number of aromatic amines is 1. The lowest BCUT2D eigenvalue weighted by Gasteiger charge is -2.20. The highest BCUT2D eigenvalue weighted by Crippen LogP contribution is 2.40. The fourth-order valence-corrected chi connectivity index (χ4v) is 2.06. The Morgan fingerprint density at radius 3 is 2.78 bits per heavy atom. The largest absolute Gasteiger partial charge is 0.390 e. The highest BCUT2D eigenvalue weighted by Gasteiger charge is 2.55. The topological polar surface area (TPSA) is 105 Å². The summed E-state index contributed by atoms with van der Waals surface area (Å²) in [7, 11) is 0. The average Bonchev–Trinajstić information content (AvgIpc) is 2.55. The zero-order valence-corrected chi connectivity index (χ0v) is 9.67. The number of nitrogens with zero attached hydrogens (tertiary/aromatic N) is 1. The van der Waals surface area contributed by atoms with Crippen LogP contribution < -0.4 is 11.2 Å². The maximum Gasteiger partial charge on any atom is 0.330 e. The molecule has 0 aliphatic carbocycles. The number of ether oxygens (including phenoxy) is 1. The van der Waals surface area contributed by atoms with E-state index in [1.165, 1.54) is 0 Å². The Hall–Kier alpha value is -1.22. The number of aliphatic hydroxyl groups is 2. The van der Waals surface area contributed by atoms with Crippen molar-refractivity contribution in [2.45, 2.75) is 23.6 Å². The molecule has 4 atom stereocenters. The van der Waals surface area contributed by atoms with Crippen molar-refractivity contribution >= 4 is 11.6 Å². The molecule has 18 heavy (non-hydrogen) atoms. The van der Waals surface area contributed by atoms with E-state index in [9.17, 15) is 19.1 Å². The van der Waals surface area contributed by atoms with Crippen LogP contribution in [0.3, 0.4) is 0 Å². The zero-order chi connectivity index (χ0) is 13.5. The van der Waals surface area contributed by atoms with Crippen molar-refractivity contribution in [3.8, 4) is 0 Å². The van der Waals surface area contributed by atoms with Gasteiger partial charge in [0.1, 0.15) is 18.1 Å². The molecular formula is C9H10ClFN2O5. The molecule has 0 aromatic carbocycles. The predicted octanol–water partition coefficient (Wildman–Crippen LogP) is -1.31. The molecule has 7 nitrogen and oxygen atoms in total. The summed E-state index contributed by atoms with van der Waals surface area (Å²) in [4.78, 5) is 24.3. The van der Waals surface area contributed by atoms with Crippen LogP contribution >= 0.6 is 11.6 Å². The van der Waals surface area contributed by atoms with Gasteiger partial charge in [0.25, 0.3) is 11.4 Å². The molecule has 0 unspecified atom stereocenters. The highest BCUT2D eigenvalue weighted by molar-refractivity contribution is 6.21. The Kier molecular flexibility index (Phi) is 3.28. The summed E-state index contributed by atoms with van der Waals surface area (Å²) < 4.78 is 19.4. The maximum absolute atomic E-state index is 13.8. The van der Waals surface area contributed by atoms with Crippen molar-refractivity contribution in [1.29, 1.82) is 0 Å². The smallest absolute Gasteiger partial charge is 0.330 e. The third kappa shape index (κ3) is 1.97. The third-order valence-electron chi connectivity index (χ3n) is 2.67. The molecule has 0 bridgehead atoms. The molecule has 100 valence electrons. The first-order valence-electron chi connectivity index (χ1n) is 5.00. The van der Waals surface area contributed by atoms with Crippen molar-refractivity contribution in [1.82, 2.24) is 9.55 Å². The van der Waals surface area contributed by atoms with Gasteiger partial charge in [-0.05, 0) is 0 Å². The third-order valence-corrected chi connectivity index (χ3v) is 3.13. The van der Waals surface area contributed by atoms with Crippen LogP contribution in [0.5, 0.6) is 0 Å². The second-order valence-electron chi connectivity index (χ2n) is 3.86. The van der Waals surface area contributed by atoms with Crippen LogP contribution in [0.15, 0.2) is 21.9 Å². The number of hydrogen-bond donors (Lipinski definition) is 3. The van der Waals surface area contributed by atoms with Gasteiger partial charge >= 0.3 is 5.69 Å². The summed E-state index contributed by atoms with van der Waals surface area (Å²) in [5, 5.41) is 17.1. The second kappa shape index (κ2) is 4.47. The summed E-state index contributed by atoms with van der Waals surface area (Å²) in [6.45, 7) is -1.11. The molecule has 1 saturated heterocycles. The lowest BCUT2D eigenvalue weighted by molar-refractivity contribution is -0.207. The summed E-state index contributed by atoms with van der Waals surface area (Å²) in [5.41, 5.74) is -1.48. The van der Waals surface area contributed by atoms with Crippen molar-refractivity contribution in [3.05, 3.63) is 33.1 Å². The number of halogens is 2. The molecule has 1 aliphatic heterocycles. The molecule has 1 aromatic heterocycles. The molecule has 9 heteroatoms. The fourth-order valence-electron chi connectivity index (χ4n) is 1.70. The Bertz CT molecular complexity index is 560. The number of alkyl halides is 2. The Morgan fingerprint density at radius 2 is 2.28 bits per heavy atom. The van der Waals surface area contributed by atoms with Crippen LogP contribution in [0.2, 0.25) is 0 Å². The van der Waals surface area contributed by atoms with Gasteiger partial charge in [-0.15, -0.1) is 11.6 Å². The van der Waals surface area contributed by atoms with Gasteiger partial charge in [-0.2, -0.15) is 0 Å². The van der Waals surface area contributed by atoms with E-state index in [0.717, 1.165) is 16.8 Å². The first-order valence-corrected chi connectivity index (χ1v) is 5.44. The van der Waals surface area contributed by atoms with Crippen LogP contribution in [-0.4, -0.2) is 43.7 Å². The first-order chi connectivity index (χ1) is 8.39. The molecular weight excluding hydrogens is 271 g/mol. The molecule has 2 heterocycles. The number of H-pyrrole nitrogens is 1.